The molecule has 3 atom stereocenters. The molecule has 2 fully saturated rings. The highest BCUT2D eigenvalue weighted by Crippen LogP contribution is 2.38. The van der Waals surface area contributed by atoms with Gasteiger partial charge in [0.05, 0.1) is 0 Å². The highest BCUT2D eigenvalue weighted by atomic mass is 14.9. The second kappa shape index (κ2) is 4.73. The molecule has 1 saturated heterocycles. The third-order valence-corrected chi connectivity index (χ3v) is 4.45. The Hall–Kier alpha value is -0.960. The maximum Gasteiger partial charge on any atom is 0.125 e. The van der Waals surface area contributed by atoms with E-state index in [4.69, 9.17) is 0 Å². The molecule has 3 heteroatoms. The Morgan fingerprint density at radius 3 is 3.18 bits per heavy atom. The van der Waals surface area contributed by atoms with Gasteiger partial charge in [0, 0.05) is 11.9 Å². The average Bonchev–Trinajstić information content (AvgIpc) is 2.78. The molecule has 2 aliphatic rings. The number of nitrogens with zero attached hydrogens (tertiary/aromatic N) is 2. The summed E-state index contributed by atoms with van der Waals surface area (Å²) in [5.41, 5.74) is 1.23. The Balaban J connectivity index is 1.71. The first-order valence-electron chi connectivity index (χ1n) is 6.82. The predicted molar refractivity (Wildman–Crippen MR) is 67.7 cm³/mol. The summed E-state index contributed by atoms with van der Waals surface area (Å²) in [6, 6.07) is 2.08. The fraction of sp³-hybridized carbons (Fsp3) is 0.714. The van der Waals surface area contributed by atoms with E-state index in [1.54, 1.807) is 0 Å². The molecule has 1 saturated carbocycles. The van der Waals surface area contributed by atoms with Crippen molar-refractivity contribution in [2.24, 2.45) is 17.8 Å². The molecule has 0 aromatic carbocycles. The number of hydrogen-bond acceptors (Lipinski definition) is 3. The summed E-state index contributed by atoms with van der Waals surface area (Å²) >= 11 is 0. The summed E-state index contributed by atoms with van der Waals surface area (Å²) in [5.74, 6) is 3.55. The molecule has 3 nitrogen and oxygen atoms in total. The van der Waals surface area contributed by atoms with Gasteiger partial charge >= 0.3 is 0 Å². The molecule has 1 N–H and O–H groups in total. The minimum absolute atomic E-state index is 0.832. The molecular formula is C14H21N3. The van der Waals surface area contributed by atoms with E-state index >= 15 is 0 Å². The van der Waals surface area contributed by atoms with E-state index in [1.165, 1.54) is 38.0 Å². The monoisotopic (exact) mass is 231 g/mol. The van der Waals surface area contributed by atoms with Crippen LogP contribution in [0.3, 0.4) is 0 Å². The molecule has 0 radical (unpaired) electrons. The fourth-order valence-electron chi connectivity index (χ4n) is 3.62. The number of nitrogens with one attached hydrogen (secondary N) is 1. The van der Waals surface area contributed by atoms with Crippen LogP contribution in [0.2, 0.25) is 0 Å². The number of fused-ring (bicyclic) bond motifs is 1. The van der Waals surface area contributed by atoms with Crippen molar-refractivity contribution in [1.82, 2.24) is 15.3 Å². The fourth-order valence-corrected chi connectivity index (χ4v) is 3.62. The SMILES string of the molecule is Cc1nccc(C[C@@H]2CCC[C@H]3CNC[C@H]32)n1. The first-order valence-corrected chi connectivity index (χ1v) is 6.82. The van der Waals surface area contributed by atoms with Crippen LogP contribution in [0.15, 0.2) is 12.3 Å². The van der Waals surface area contributed by atoms with Gasteiger partial charge in [-0.1, -0.05) is 6.42 Å². The van der Waals surface area contributed by atoms with Crippen molar-refractivity contribution >= 4 is 0 Å². The smallest absolute Gasteiger partial charge is 0.125 e. The normalized spacial score (nSPS) is 32.4. The van der Waals surface area contributed by atoms with Crippen LogP contribution >= 0.6 is 0 Å². The van der Waals surface area contributed by atoms with Gasteiger partial charge in [0.2, 0.25) is 0 Å². The lowest BCUT2D eigenvalue weighted by atomic mass is 9.72. The molecule has 0 bridgehead atoms. The maximum atomic E-state index is 4.55. The number of rotatable bonds is 2. The first kappa shape index (κ1) is 11.1. The third kappa shape index (κ3) is 2.34. The van der Waals surface area contributed by atoms with Gasteiger partial charge in [0.25, 0.3) is 0 Å². The second-order valence-corrected chi connectivity index (χ2v) is 5.57. The molecule has 3 rings (SSSR count). The minimum atomic E-state index is 0.832. The van der Waals surface area contributed by atoms with Gasteiger partial charge < -0.3 is 5.32 Å². The van der Waals surface area contributed by atoms with E-state index in [2.05, 4.69) is 21.4 Å². The van der Waals surface area contributed by atoms with E-state index in [0.717, 1.165) is 30.0 Å². The van der Waals surface area contributed by atoms with Crippen LogP contribution in [0.4, 0.5) is 0 Å². The lowest BCUT2D eigenvalue weighted by molar-refractivity contribution is 0.197. The van der Waals surface area contributed by atoms with E-state index < -0.39 is 0 Å². The molecule has 92 valence electrons. The van der Waals surface area contributed by atoms with Gasteiger partial charge in [-0.05, 0) is 63.1 Å². The van der Waals surface area contributed by atoms with E-state index in [9.17, 15) is 0 Å². The molecule has 1 aliphatic heterocycles. The van der Waals surface area contributed by atoms with Crippen LogP contribution in [-0.4, -0.2) is 23.1 Å². The zero-order valence-electron chi connectivity index (χ0n) is 10.5. The molecule has 2 heterocycles. The number of hydrogen-bond donors (Lipinski definition) is 1. The van der Waals surface area contributed by atoms with Crippen molar-refractivity contribution in [1.29, 1.82) is 0 Å². The molecule has 1 aromatic rings. The van der Waals surface area contributed by atoms with Crippen molar-refractivity contribution in [3.8, 4) is 0 Å². The lowest BCUT2D eigenvalue weighted by Crippen LogP contribution is -2.29. The van der Waals surface area contributed by atoms with Crippen LogP contribution in [-0.2, 0) is 6.42 Å². The van der Waals surface area contributed by atoms with Crippen molar-refractivity contribution < 1.29 is 0 Å². The van der Waals surface area contributed by atoms with Crippen molar-refractivity contribution in [3.05, 3.63) is 23.8 Å². The van der Waals surface area contributed by atoms with Gasteiger partial charge in [-0.15, -0.1) is 0 Å². The Bertz CT molecular complexity index is 391. The van der Waals surface area contributed by atoms with E-state index in [-0.39, 0.29) is 0 Å². The van der Waals surface area contributed by atoms with Gasteiger partial charge in [0.15, 0.2) is 0 Å². The summed E-state index contributed by atoms with van der Waals surface area (Å²) in [5, 5.41) is 3.56. The van der Waals surface area contributed by atoms with Crippen molar-refractivity contribution in [3.63, 3.8) is 0 Å². The van der Waals surface area contributed by atoms with Gasteiger partial charge in [-0.25, -0.2) is 9.97 Å². The molecule has 0 amide bonds. The van der Waals surface area contributed by atoms with Gasteiger partial charge in [-0.3, -0.25) is 0 Å². The number of aromatic nitrogens is 2. The van der Waals surface area contributed by atoms with Crippen LogP contribution < -0.4 is 5.32 Å². The third-order valence-electron chi connectivity index (χ3n) is 4.45. The average molecular weight is 231 g/mol. The maximum absolute atomic E-state index is 4.55. The zero-order chi connectivity index (χ0) is 11.7. The summed E-state index contributed by atoms with van der Waals surface area (Å²) in [6.07, 6.45) is 7.25. The standard InChI is InChI=1S/C14H21N3/c1-10-16-6-5-13(17-10)7-11-3-2-4-12-8-15-9-14(11)12/h5-6,11-12,14-15H,2-4,7-9H2,1H3/t11-,12-,14-/m0/s1. The van der Waals surface area contributed by atoms with Crippen LogP contribution in [0, 0.1) is 24.7 Å². The van der Waals surface area contributed by atoms with Crippen LogP contribution in [0.5, 0.6) is 0 Å². The molecule has 1 aliphatic carbocycles. The van der Waals surface area contributed by atoms with E-state index in [0.29, 0.717) is 0 Å². The molecule has 0 spiro atoms. The van der Waals surface area contributed by atoms with Crippen molar-refractivity contribution in [2.45, 2.75) is 32.6 Å². The molecular weight excluding hydrogens is 210 g/mol. The van der Waals surface area contributed by atoms with Crippen LogP contribution in [0.25, 0.3) is 0 Å². The Morgan fingerprint density at radius 2 is 2.29 bits per heavy atom. The Labute approximate surface area is 103 Å². The zero-order valence-corrected chi connectivity index (χ0v) is 10.5. The van der Waals surface area contributed by atoms with Gasteiger partial charge in [-0.2, -0.15) is 0 Å². The van der Waals surface area contributed by atoms with Gasteiger partial charge in [0.1, 0.15) is 5.82 Å². The summed E-state index contributed by atoms with van der Waals surface area (Å²) in [6.45, 7) is 4.44. The minimum Gasteiger partial charge on any atom is -0.316 e. The molecule has 1 aromatic heterocycles. The Kier molecular flexibility index (Phi) is 3.10. The van der Waals surface area contributed by atoms with E-state index in [1.807, 2.05) is 13.1 Å². The predicted octanol–water partition coefficient (Wildman–Crippen LogP) is 1.96. The van der Waals surface area contributed by atoms with Crippen LogP contribution in [0.1, 0.15) is 30.8 Å². The molecule has 0 unspecified atom stereocenters. The number of aryl methyl sites for hydroxylation is 1. The van der Waals surface area contributed by atoms with Crippen molar-refractivity contribution in [2.75, 3.05) is 13.1 Å². The summed E-state index contributed by atoms with van der Waals surface area (Å²) < 4.78 is 0. The lowest BCUT2D eigenvalue weighted by Gasteiger charge is -2.33. The highest BCUT2D eigenvalue weighted by Gasteiger charge is 2.36. The second-order valence-electron chi connectivity index (χ2n) is 5.57. The Morgan fingerprint density at radius 1 is 1.35 bits per heavy atom. The quantitative estimate of drug-likeness (QED) is 0.845. The summed E-state index contributed by atoms with van der Waals surface area (Å²) in [4.78, 5) is 8.73. The topological polar surface area (TPSA) is 37.8 Å². The summed E-state index contributed by atoms with van der Waals surface area (Å²) in [7, 11) is 0. The molecule has 17 heavy (non-hydrogen) atoms. The highest BCUT2D eigenvalue weighted by molar-refractivity contribution is 5.04. The largest absolute Gasteiger partial charge is 0.316 e. The first-order chi connectivity index (χ1) is 8.33.